The predicted molar refractivity (Wildman–Crippen MR) is 322 cm³/mol. The Morgan fingerprint density at radius 1 is 0.234 bits per heavy atom. The van der Waals surface area contributed by atoms with Crippen LogP contribution in [0.4, 0.5) is 0 Å². The highest BCUT2D eigenvalue weighted by Crippen LogP contribution is 2.79. The topological polar surface area (TPSA) is 26.3 Å². The van der Waals surface area contributed by atoms with Gasteiger partial charge >= 0.3 is 5.97 Å². The summed E-state index contributed by atoms with van der Waals surface area (Å²) in [5.41, 5.74) is 18.0. The largest absolute Gasteiger partial charge is 0.402 e. The highest BCUT2D eigenvalue weighted by atomic mass is 32.3. The summed E-state index contributed by atoms with van der Waals surface area (Å²) < 4.78 is 8.05. The molecule has 3 heteroatoms. The molecule has 0 radical (unpaired) electrons. The monoisotopic (exact) mass is 1010 g/mol. The Kier molecular flexibility index (Phi) is 13.7. The van der Waals surface area contributed by atoms with Crippen LogP contribution in [0.25, 0.3) is 100 Å². The van der Waals surface area contributed by atoms with Gasteiger partial charge in [-0.15, -0.1) is 0 Å². The van der Waals surface area contributed by atoms with E-state index >= 15 is 4.79 Å². The SMILES string of the molecule is CC(=O)OS(c1c(-c2ccccc2)cc(-c2ccccc2)cc1-c1ccccc1)(c1c(-c2ccccc2)cc(-c2ccccc2)cc1-c1ccccc1)c1c(-c2ccccc2)cc(-c2ccccc2)cc1-c1ccccc1. The molecule has 0 fully saturated rings. The fourth-order valence-corrected chi connectivity index (χ4v) is 14.9. The fourth-order valence-electron chi connectivity index (χ4n) is 10.8. The lowest BCUT2D eigenvalue weighted by Gasteiger charge is -2.46. The molecule has 0 N–H and O–H groups in total. The van der Waals surface area contributed by atoms with Crippen molar-refractivity contribution in [3.8, 4) is 100 Å². The Labute approximate surface area is 453 Å². The van der Waals surface area contributed by atoms with E-state index in [1.165, 1.54) is 0 Å². The average molecular weight is 1010 g/mol. The fraction of sp³-hybridized carbons (Fsp3) is 0.0135. The minimum Gasteiger partial charge on any atom is -0.402 e. The molecule has 77 heavy (non-hydrogen) atoms. The molecule has 0 aromatic heterocycles. The van der Waals surface area contributed by atoms with E-state index in [9.17, 15) is 0 Å². The van der Waals surface area contributed by atoms with E-state index in [4.69, 9.17) is 4.18 Å². The van der Waals surface area contributed by atoms with Gasteiger partial charge in [-0.1, -0.05) is 273 Å². The first-order valence-electron chi connectivity index (χ1n) is 26.1. The maximum absolute atomic E-state index is 15.5. The minimum absolute atomic E-state index is 0.402. The van der Waals surface area contributed by atoms with Crippen molar-refractivity contribution in [1.82, 2.24) is 0 Å². The van der Waals surface area contributed by atoms with Gasteiger partial charge in [-0.25, -0.2) is 0 Å². The standard InChI is InChI=1S/C74H54O2S/c1-53(75)76-77(72-66(57-35-17-5-18-36-57)47-63(54-29-11-2-12-30-54)48-67(72)58-37-19-6-20-38-58,73-68(59-39-21-7-22-40-59)49-64(55-31-13-3-14-32-55)50-69(73)60-41-23-8-24-42-60)74-70(61-43-25-9-26-44-61)51-65(56-33-15-4-16-34-56)52-71(74)62-45-27-10-28-46-62/h2-52H,1H3. The zero-order valence-corrected chi connectivity index (χ0v) is 43.5. The summed E-state index contributed by atoms with van der Waals surface area (Å²) >= 11 is 0. The van der Waals surface area contributed by atoms with Crippen molar-refractivity contribution in [3.05, 3.63) is 309 Å². The van der Waals surface area contributed by atoms with Crippen LogP contribution in [0.15, 0.2) is 324 Å². The second-order valence-corrected chi connectivity index (χ2v) is 21.6. The summed E-state index contributed by atoms with van der Waals surface area (Å²) in [4.78, 5) is 18.3. The van der Waals surface area contributed by atoms with E-state index in [0.717, 1.165) is 115 Å². The van der Waals surface area contributed by atoms with E-state index in [2.05, 4.69) is 309 Å². The van der Waals surface area contributed by atoms with Crippen LogP contribution in [-0.2, 0) is 8.98 Å². The zero-order valence-electron chi connectivity index (χ0n) is 42.7. The van der Waals surface area contributed by atoms with E-state index in [1.807, 2.05) is 0 Å². The number of carbonyl (C=O) groups excluding carboxylic acids is 1. The van der Waals surface area contributed by atoms with E-state index in [1.54, 1.807) is 6.92 Å². The summed E-state index contributed by atoms with van der Waals surface area (Å²) in [5.74, 6) is -0.402. The van der Waals surface area contributed by atoms with E-state index in [-0.39, 0.29) is 0 Å². The molecular formula is C74H54O2S. The third-order valence-corrected chi connectivity index (χ3v) is 17.7. The third kappa shape index (κ3) is 9.62. The van der Waals surface area contributed by atoms with Crippen molar-refractivity contribution < 1.29 is 8.98 Å². The molecule has 0 saturated carbocycles. The third-order valence-electron chi connectivity index (χ3n) is 14.2. The number of hydrogen-bond acceptors (Lipinski definition) is 2. The van der Waals surface area contributed by atoms with Crippen molar-refractivity contribution in [2.75, 3.05) is 0 Å². The van der Waals surface area contributed by atoms with Crippen molar-refractivity contribution in [2.45, 2.75) is 21.6 Å². The van der Waals surface area contributed by atoms with Crippen LogP contribution in [0.3, 0.4) is 0 Å². The highest BCUT2D eigenvalue weighted by Gasteiger charge is 2.46. The Morgan fingerprint density at radius 2 is 0.390 bits per heavy atom. The van der Waals surface area contributed by atoms with Crippen LogP contribution in [-0.4, -0.2) is 5.97 Å². The summed E-state index contributed by atoms with van der Waals surface area (Å²) in [7, 11) is -3.45. The molecule has 12 rings (SSSR count). The van der Waals surface area contributed by atoms with Gasteiger partial charge in [0.1, 0.15) is 0 Å². The second-order valence-electron chi connectivity index (χ2n) is 19.1. The highest BCUT2D eigenvalue weighted by molar-refractivity contribution is 8.30. The van der Waals surface area contributed by atoms with Crippen molar-refractivity contribution in [3.63, 3.8) is 0 Å². The number of rotatable bonds is 13. The molecule has 0 spiro atoms. The van der Waals surface area contributed by atoms with Crippen LogP contribution >= 0.6 is 10.3 Å². The molecule has 0 amide bonds. The Balaban J connectivity index is 1.42. The maximum atomic E-state index is 15.5. The lowest BCUT2D eigenvalue weighted by molar-refractivity contribution is -0.131. The van der Waals surface area contributed by atoms with Gasteiger partial charge in [0, 0.05) is 21.6 Å². The Morgan fingerprint density at radius 3 is 0.545 bits per heavy atom. The van der Waals surface area contributed by atoms with Gasteiger partial charge in [-0.3, -0.25) is 4.79 Å². The first kappa shape index (κ1) is 48.4. The van der Waals surface area contributed by atoms with Crippen LogP contribution in [0.2, 0.25) is 0 Å². The van der Waals surface area contributed by atoms with Gasteiger partial charge in [-0.05, 0) is 147 Å². The molecule has 0 aliphatic carbocycles. The first-order chi connectivity index (χ1) is 38.0. The number of benzene rings is 12. The molecule has 0 unspecified atom stereocenters. The summed E-state index contributed by atoms with van der Waals surface area (Å²) in [6.45, 7) is 1.59. The van der Waals surface area contributed by atoms with Crippen molar-refractivity contribution in [2.24, 2.45) is 0 Å². The molecule has 368 valence electrons. The van der Waals surface area contributed by atoms with Crippen LogP contribution < -0.4 is 0 Å². The van der Waals surface area contributed by atoms with E-state index in [0.29, 0.717) is 0 Å². The van der Waals surface area contributed by atoms with Crippen LogP contribution in [0, 0.1) is 0 Å². The quantitative estimate of drug-likeness (QED) is 0.115. The molecule has 0 heterocycles. The summed E-state index contributed by atoms with van der Waals surface area (Å²) in [5, 5.41) is 0. The van der Waals surface area contributed by atoms with Gasteiger partial charge < -0.3 is 4.18 Å². The first-order valence-corrected chi connectivity index (χ1v) is 27.7. The average Bonchev–Trinajstić information content (AvgIpc) is 3.70. The molecule has 12 aromatic rings. The van der Waals surface area contributed by atoms with Gasteiger partial charge in [-0.2, -0.15) is 0 Å². The van der Waals surface area contributed by atoms with Gasteiger partial charge in [0.25, 0.3) is 0 Å². The second kappa shape index (κ2) is 21.7. The van der Waals surface area contributed by atoms with Gasteiger partial charge in [0.15, 0.2) is 0 Å². The molecule has 0 atom stereocenters. The van der Waals surface area contributed by atoms with Crippen LogP contribution in [0.1, 0.15) is 6.92 Å². The number of hydrogen-bond donors (Lipinski definition) is 0. The van der Waals surface area contributed by atoms with Crippen molar-refractivity contribution >= 4 is 16.3 Å². The zero-order chi connectivity index (χ0) is 52.0. The Bertz CT molecular complexity index is 3380. The van der Waals surface area contributed by atoms with Gasteiger partial charge in [0.05, 0.1) is 0 Å². The summed E-state index contributed by atoms with van der Waals surface area (Å²) in [6, 6.07) is 110. The maximum Gasteiger partial charge on any atom is 0.313 e. The van der Waals surface area contributed by atoms with Crippen molar-refractivity contribution in [1.29, 1.82) is 0 Å². The van der Waals surface area contributed by atoms with Crippen LogP contribution in [0.5, 0.6) is 0 Å². The smallest absolute Gasteiger partial charge is 0.313 e. The summed E-state index contributed by atoms with van der Waals surface area (Å²) in [6.07, 6.45) is 0. The molecule has 0 saturated heterocycles. The predicted octanol–water partition coefficient (Wildman–Crippen LogP) is 20.4. The Hall–Kier alpha value is -9.54. The number of carbonyl (C=O) groups is 1. The molecule has 0 bridgehead atoms. The minimum atomic E-state index is -3.45. The molecule has 12 aromatic carbocycles. The van der Waals surface area contributed by atoms with Gasteiger partial charge in [0.2, 0.25) is 0 Å². The molecule has 2 nitrogen and oxygen atoms in total. The van der Waals surface area contributed by atoms with E-state index < -0.39 is 16.3 Å². The lowest BCUT2D eigenvalue weighted by atomic mass is 9.92. The lowest BCUT2D eigenvalue weighted by Crippen LogP contribution is -2.18. The molecule has 0 aliphatic rings. The normalized spacial score (nSPS) is 11.4. The molecular weight excluding hydrogens is 953 g/mol. The molecule has 0 aliphatic heterocycles.